The molecule has 0 bridgehead atoms. The lowest BCUT2D eigenvalue weighted by Gasteiger charge is -2.05. The molecule has 1 amide bonds. The average molecular weight is 359 g/mol. The van der Waals surface area contributed by atoms with Gasteiger partial charge in [0, 0.05) is 15.4 Å². The molecule has 2 rings (SSSR count). The van der Waals surface area contributed by atoms with Gasteiger partial charge < -0.3 is 5.32 Å². The summed E-state index contributed by atoms with van der Waals surface area (Å²) in [6, 6.07) is 4.78. The first-order valence-electron chi connectivity index (χ1n) is 5.43. The molecule has 0 fully saturated rings. The number of rotatable bonds is 4. The van der Waals surface area contributed by atoms with Gasteiger partial charge in [0.15, 0.2) is 0 Å². The van der Waals surface area contributed by atoms with Gasteiger partial charge in [0.1, 0.15) is 5.82 Å². The van der Waals surface area contributed by atoms with Crippen molar-refractivity contribution in [3.63, 3.8) is 0 Å². The Hall–Kier alpha value is -1.80. The summed E-state index contributed by atoms with van der Waals surface area (Å²) in [5.41, 5.74) is -0.608. The number of nitro benzene ring substituents is 1. The Kier molecular flexibility index (Phi) is 4.46. The number of carbonyl (C=O) groups is 1. The van der Waals surface area contributed by atoms with Gasteiger partial charge in [-0.25, -0.2) is 4.39 Å². The van der Waals surface area contributed by atoms with Crippen LogP contribution in [0, 0.1) is 15.9 Å². The quantitative estimate of drug-likeness (QED) is 0.671. The number of nitrogens with zero attached hydrogens (tertiary/aromatic N) is 1. The minimum Gasteiger partial charge on any atom is -0.347 e. The van der Waals surface area contributed by atoms with E-state index in [0.717, 1.165) is 27.5 Å². The number of hydrogen-bond donors (Lipinski definition) is 1. The smallest absolute Gasteiger partial charge is 0.272 e. The van der Waals surface area contributed by atoms with Crippen molar-refractivity contribution in [2.75, 3.05) is 0 Å². The highest BCUT2D eigenvalue weighted by Crippen LogP contribution is 2.22. The third-order valence-corrected chi connectivity index (χ3v) is 4.43. The maximum Gasteiger partial charge on any atom is 0.272 e. The summed E-state index contributed by atoms with van der Waals surface area (Å²) in [5.74, 6) is -1.53. The number of carbonyl (C=O) groups excluding carboxylic acids is 1. The standard InChI is InChI=1S/C12H8BrFN2O3S/c13-9-3-4-20-11(9)6-15-12(17)8-2-1-7(16(18)19)5-10(8)14/h1-5H,6H2,(H,15,17). The van der Waals surface area contributed by atoms with E-state index >= 15 is 0 Å². The minimum absolute atomic E-state index is 0.219. The van der Waals surface area contributed by atoms with Crippen LogP contribution in [0.4, 0.5) is 10.1 Å². The molecule has 0 spiro atoms. The third-order valence-electron chi connectivity index (χ3n) is 2.51. The first-order chi connectivity index (χ1) is 9.49. The molecule has 0 atom stereocenters. The highest BCUT2D eigenvalue weighted by Gasteiger charge is 2.16. The summed E-state index contributed by atoms with van der Waals surface area (Å²) in [6.07, 6.45) is 0. The van der Waals surface area contributed by atoms with E-state index in [9.17, 15) is 19.3 Å². The Labute approximate surface area is 125 Å². The summed E-state index contributed by atoms with van der Waals surface area (Å²) in [6.45, 7) is 0.257. The molecule has 104 valence electrons. The monoisotopic (exact) mass is 358 g/mol. The topological polar surface area (TPSA) is 72.2 Å². The molecular weight excluding hydrogens is 351 g/mol. The van der Waals surface area contributed by atoms with Crippen LogP contribution in [0.5, 0.6) is 0 Å². The Morgan fingerprint density at radius 1 is 1.45 bits per heavy atom. The summed E-state index contributed by atoms with van der Waals surface area (Å²) < 4.78 is 14.5. The van der Waals surface area contributed by atoms with Crippen molar-refractivity contribution in [3.05, 3.63) is 60.5 Å². The zero-order valence-electron chi connectivity index (χ0n) is 9.93. The van der Waals surface area contributed by atoms with Crippen LogP contribution >= 0.6 is 27.3 Å². The van der Waals surface area contributed by atoms with Crippen LogP contribution in [-0.4, -0.2) is 10.8 Å². The number of nitro groups is 1. The van der Waals surface area contributed by atoms with Gasteiger partial charge >= 0.3 is 0 Å². The fourth-order valence-corrected chi connectivity index (χ4v) is 2.94. The third kappa shape index (κ3) is 3.20. The van der Waals surface area contributed by atoms with Crippen LogP contribution in [0.15, 0.2) is 34.1 Å². The fraction of sp³-hybridized carbons (Fsp3) is 0.0833. The normalized spacial score (nSPS) is 10.3. The van der Waals surface area contributed by atoms with Gasteiger partial charge in [0.05, 0.1) is 23.1 Å². The first kappa shape index (κ1) is 14.6. The molecule has 0 aliphatic rings. The molecule has 5 nitrogen and oxygen atoms in total. The van der Waals surface area contributed by atoms with E-state index in [2.05, 4.69) is 21.2 Å². The van der Waals surface area contributed by atoms with Gasteiger partial charge in [-0.3, -0.25) is 14.9 Å². The Morgan fingerprint density at radius 3 is 2.75 bits per heavy atom. The van der Waals surface area contributed by atoms with E-state index in [4.69, 9.17) is 0 Å². The van der Waals surface area contributed by atoms with Crippen molar-refractivity contribution in [3.8, 4) is 0 Å². The number of halogens is 2. The average Bonchev–Trinajstić information content (AvgIpc) is 2.81. The van der Waals surface area contributed by atoms with Crippen LogP contribution < -0.4 is 5.32 Å². The van der Waals surface area contributed by atoms with Crippen molar-refractivity contribution in [1.29, 1.82) is 0 Å². The van der Waals surface area contributed by atoms with E-state index in [1.165, 1.54) is 11.3 Å². The van der Waals surface area contributed by atoms with Crippen molar-refractivity contribution < 1.29 is 14.1 Å². The van der Waals surface area contributed by atoms with Crippen molar-refractivity contribution in [2.24, 2.45) is 0 Å². The molecule has 0 aliphatic heterocycles. The molecule has 0 radical (unpaired) electrons. The second-order valence-corrected chi connectivity index (χ2v) is 5.65. The first-order valence-corrected chi connectivity index (χ1v) is 7.10. The predicted octanol–water partition coefficient (Wildman–Crippen LogP) is 3.49. The molecule has 1 heterocycles. The van der Waals surface area contributed by atoms with Crippen LogP contribution in [0.2, 0.25) is 0 Å². The zero-order valence-corrected chi connectivity index (χ0v) is 12.3. The summed E-state index contributed by atoms with van der Waals surface area (Å²) in [4.78, 5) is 22.5. The van der Waals surface area contributed by atoms with E-state index in [0.29, 0.717) is 0 Å². The Morgan fingerprint density at radius 2 is 2.20 bits per heavy atom. The minimum atomic E-state index is -0.915. The lowest BCUT2D eigenvalue weighted by Crippen LogP contribution is -2.23. The number of thiophene rings is 1. The van der Waals surface area contributed by atoms with E-state index in [-0.39, 0.29) is 17.8 Å². The van der Waals surface area contributed by atoms with Crippen LogP contribution in [-0.2, 0) is 6.54 Å². The van der Waals surface area contributed by atoms with Crippen molar-refractivity contribution >= 4 is 38.9 Å². The summed E-state index contributed by atoms with van der Waals surface area (Å²) in [7, 11) is 0. The Balaban J connectivity index is 2.10. The summed E-state index contributed by atoms with van der Waals surface area (Å²) in [5, 5.41) is 14.9. The summed E-state index contributed by atoms with van der Waals surface area (Å²) >= 11 is 4.78. The molecule has 0 saturated carbocycles. The molecule has 8 heteroatoms. The fourth-order valence-electron chi connectivity index (χ4n) is 1.51. The molecular formula is C12H8BrFN2O3S. The Bertz CT molecular complexity index is 674. The second kappa shape index (κ2) is 6.10. The molecule has 20 heavy (non-hydrogen) atoms. The predicted molar refractivity (Wildman–Crippen MR) is 76.2 cm³/mol. The molecule has 0 unspecified atom stereocenters. The zero-order chi connectivity index (χ0) is 14.7. The lowest BCUT2D eigenvalue weighted by atomic mass is 10.2. The molecule has 0 saturated heterocycles. The van der Waals surface area contributed by atoms with Crippen molar-refractivity contribution in [2.45, 2.75) is 6.54 Å². The highest BCUT2D eigenvalue weighted by molar-refractivity contribution is 9.10. The number of non-ortho nitro benzene ring substituents is 1. The van der Waals surface area contributed by atoms with E-state index in [1.54, 1.807) is 0 Å². The van der Waals surface area contributed by atoms with Crippen LogP contribution in [0.3, 0.4) is 0 Å². The largest absolute Gasteiger partial charge is 0.347 e. The van der Waals surface area contributed by atoms with Crippen molar-refractivity contribution in [1.82, 2.24) is 5.32 Å². The number of nitrogens with one attached hydrogen (secondary N) is 1. The second-order valence-electron chi connectivity index (χ2n) is 3.80. The maximum absolute atomic E-state index is 13.6. The number of hydrogen-bond acceptors (Lipinski definition) is 4. The van der Waals surface area contributed by atoms with Gasteiger partial charge in [-0.2, -0.15) is 0 Å². The number of amides is 1. The molecule has 1 aromatic heterocycles. The van der Waals surface area contributed by atoms with Gasteiger partial charge in [0.2, 0.25) is 0 Å². The highest BCUT2D eigenvalue weighted by atomic mass is 79.9. The van der Waals surface area contributed by atoms with Gasteiger partial charge in [-0.15, -0.1) is 11.3 Å². The van der Waals surface area contributed by atoms with Gasteiger partial charge in [0.25, 0.3) is 11.6 Å². The maximum atomic E-state index is 13.6. The molecule has 0 aliphatic carbocycles. The lowest BCUT2D eigenvalue weighted by molar-refractivity contribution is -0.385. The molecule has 2 aromatic rings. The van der Waals surface area contributed by atoms with Crippen LogP contribution in [0.25, 0.3) is 0 Å². The molecule has 1 aromatic carbocycles. The van der Waals surface area contributed by atoms with E-state index < -0.39 is 16.6 Å². The van der Waals surface area contributed by atoms with Gasteiger partial charge in [-0.1, -0.05) is 0 Å². The van der Waals surface area contributed by atoms with E-state index in [1.807, 2.05) is 11.4 Å². The van der Waals surface area contributed by atoms with Crippen LogP contribution in [0.1, 0.15) is 15.2 Å². The number of benzene rings is 1. The SMILES string of the molecule is O=C(NCc1sccc1Br)c1ccc([N+](=O)[O-])cc1F. The van der Waals surface area contributed by atoms with Gasteiger partial charge in [-0.05, 0) is 33.4 Å². The molecule has 1 N–H and O–H groups in total.